The van der Waals surface area contributed by atoms with Gasteiger partial charge in [-0.25, -0.2) is 0 Å². The third kappa shape index (κ3) is 3.62. The van der Waals surface area contributed by atoms with Gasteiger partial charge in [0.25, 0.3) is 0 Å². The van der Waals surface area contributed by atoms with Crippen molar-refractivity contribution in [1.82, 2.24) is 5.32 Å². The summed E-state index contributed by atoms with van der Waals surface area (Å²) >= 11 is 0. The molecule has 1 atom stereocenters. The molecule has 0 amide bonds. The molecular formula is C17H20BrNO. The van der Waals surface area contributed by atoms with Crippen LogP contribution in [-0.2, 0) is 19.4 Å². The molecule has 0 spiro atoms. The van der Waals surface area contributed by atoms with E-state index in [1.54, 1.807) is 6.07 Å². The van der Waals surface area contributed by atoms with Crippen LogP contribution in [0.5, 0.6) is 5.75 Å². The maximum Gasteiger partial charge on any atom is 0.115 e. The maximum absolute atomic E-state index is 9.56. The first-order valence-electron chi connectivity index (χ1n) is 6.89. The number of phenols is 1. The Morgan fingerprint density at radius 3 is 2.65 bits per heavy atom. The van der Waals surface area contributed by atoms with Gasteiger partial charge < -0.3 is 10.4 Å². The van der Waals surface area contributed by atoms with E-state index in [-0.39, 0.29) is 17.0 Å². The van der Waals surface area contributed by atoms with Gasteiger partial charge in [0.15, 0.2) is 0 Å². The Labute approximate surface area is 130 Å². The van der Waals surface area contributed by atoms with E-state index in [0.29, 0.717) is 11.8 Å². The lowest BCUT2D eigenvalue weighted by Crippen LogP contribution is -2.34. The predicted molar refractivity (Wildman–Crippen MR) is 87.5 cm³/mol. The fourth-order valence-corrected chi connectivity index (χ4v) is 2.78. The molecule has 0 radical (unpaired) electrons. The Balaban J connectivity index is 0.00000147. The first kappa shape index (κ1) is 15.1. The quantitative estimate of drug-likeness (QED) is 0.899. The summed E-state index contributed by atoms with van der Waals surface area (Å²) in [5.41, 5.74) is 4.00. The Morgan fingerprint density at radius 1 is 1.05 bits per heavy atom. The fraction of sp³-hybridized carbons (Fsp3) is 0.294. The number of hydrogen-bond donors (Lipinski definition) is 2. The molecule has 1 aliphatic rings. The Hall–Kier alpha value is -1.32. The molecule has 3 heteroatoms. The summed E-state index contributed by atoms with van der Waals surface area (Å²) in [7, 11) is 0. The van der Waals surface area contributed by atoms with Crippen molar-refractivity contribution in [2.24, 2.45) is 0 Å². The minimum absolute atomic E-state index is 0. The molecule has 0 saturated heterocycles. The van der Waals surface area contributed by atoms with Gasteiger partial charge in [0, 0.05) is 12.6 Å². The van der Waals surface area contributed by atoms with Crippen LogP contribution in [0, 0.1) is 0 Å². The van der Waals surface area contributed by atoms with E-state index in [2.05, 4.69) is 35.6 Å². The van der Waals surface area contributed by atoms with Gasteiger partial charge in [0.2, 0.25) is 0 Å². The molecular weight excluding hydrogens is 314 g/mol. The number of benzene rings is 2. The minimum Gasteiger partial charge on any atom is -0.508 e. The van der Waals surface area contributed by atoms with Crippen molar-refractivity contribution in [2.75, 3.05) is 0 Å². The summed E-state index contributed by atoms with van der Waals surface area (Å²) in [6.07, 6.45) is 3.28. The molecule has 0 heterocycles. The second-order valence-electron chi connectivity index (χ2n) is 5.26. The van der Waals surface area contributed by atoms with Crippen LogP contribution in [0.15, 0.2) is 48.5 Å². The van der Waals surface area contributed by atoms with Gasteiger partial charge in [-0.2, -0.15) is 0 Å². The first-order chi connectivity index (χ1) is 9.31. The average Bonchev–Trinajstić information content (AvgIpc) is 2.46. The molecule has 0 aromatic heterocycles. The van der Waals surface area contributed by atoms with E-state index >= 15 is 0 Å². The van der Waals surface area contributed by atoms with Crippen LogP contribution in [-0.4, -0.2) is 11.1 Å². The highest BCUT2D eigenvalue weighted by Crippen LogP contribution is 2.25. The van der Waals surface area contributed by atoms with Gasteiger partial charge >= 0.3 is 0 Å². The Bertz CT molecular complexity index is 556. The molecule has 2 aromatic rings. The smallest absolute Gasteiger partial charge is 0.115 e. The molecule has 106 valence electrons. The Morgan fingerprint density at radius 2 is 1.85 bits per heavy atom. The van der Waals surface area contributed by atoms with E-state index in [0.717, 1.165) is 19.4 Å². The lowest BCUT2D eigenvalue weighted by molar-refractivity contribution is 0.449. The standard InChI is InChI=1S/C17H19NO.BrH/c19-17-9-7-14-6-8-16(10-15(14)11-17)18-12-13-4-2-1-3-5-13;/h1-5,7,9,11,16,18-19H,6,8,10,12H2;1H/t16-;/m0./s1. The summed E-state index contributed by atoms with van der Waals surface area (Å²) in [5.74, 6) is 0.377. The van der Waals surface area contributed by atoms with Crippen LogP contribution in [0.25, 0.3) is 0 Å². The van der Waals surface area contributed by atoms with Gasteiger partial charge in [0.1, 0.15) is 5.75 Å². The summed E-state index contributed by atoms with van der Waals surface area (Å²) < 4.78 is 0. The first-order valence-corrected chi connectivity index (χ1v) is 6.89. The zero-order chi connectivity index (χ0) is 13.1. The van der Waals surface area contributed by atoms with Crippen molar-refractivity contribution >= 4 is 17.0 Å². The molecule has 20 heavy (non-hydrogen) atoms. The zero-order valence-electron chi connectivity index (χ0n) is 11.4. The third-order valence-corrected chi connectivity index (χ3v) is 3.86. The van der Waals surface area contributed by atoms with Crippen molar-refractivity contribution in [3.05, 3.63) is 65.2 Å². The van der Waals surface area contributed by atoms with E-state index in [4.69, 9.17) is 0 Å². The topological polar surface area (TPSA) is 32.3 Å². The van der Waals surface area contributed by atoms with Gasteiger partial charge in [0.05, 0.1) is 0 Å². The summed E-state index contributed by atoms with van der Waals surface area (Å²) in [5, 5.41) is 13.2. The van der Waals surface area contributed by atoms with Crippen molar-refractivity contribution in [3.63, 3.8) is 0 Å². The number of rotatable bonds is 3. The molecule has 3 rings (SSSR count). The van der Waals surface area contributed by atoms with Gasteiger partial charge in [-0.1, -0.05) is 36.4 Å². The predicted octanol–water partition coefficient (Wildman–Crippen LogP) is 3.62. The van der Waals surface area contributed by atoms with Gasteiger partial charge in [-0.05, 0) is 48.1 Å². The lowest BCUT2D eigenvalue weighted by atomic mass is 9.88. The normalized spacial score (nSPS) is 17.1. The molecule has 2 N–H and O–H groups in total. The second kappa shape index (κ2) is 6.91. The number of aromatic hydroxyl groups is 1. The average molecular weight is 334 g/mol. The highest BCUT2D eigenvalue weighted by Gasteiger charge is 2.18. The SMILES string of the molecule is Br.Oc1ccc2c(c1)C[C@@H](NCc1ccccc1)CC2. The van der Waals surface area contributed by atoms with Crippen molar-refractivity contribution in [3.8, 4) is 5.75 Å². The number of hydrogen-bond acceptors (Lipinski definition) is 2. The summed E-state index contributed by atoms with van der Waals surface area (Å²) in [6.45, 7) is 0.916. The minimum atomic E-state index is 0. The fourth-order valence-electron chi connectivity index (χ4n) is 2.78. The van der Waals surface area contributed by atoms with Crippen LogP contribution < -0.4 is 5.32 Å². The van der Waals surface area contributed by atoms with E-state index in [9.17, 15) is 5.11 Å². The van der Waals surface area contributed by atoms with Gasteiger partial charge in [-0.15, -0.1) is 17.0 Å². The number of halogens is 1. The van der Waals surface area contributed by atoms with Crippen molar-refractivity contribution in [2.45, 2.75) is 31.8 Å². The molecule has 0 saturated carbocycles. The molecule has 1 aliphatic carbocycles. The van der Waals surface area contributed by atoms with E-state index in [1.165, 1.54) is 23.1 Å². The van der Waals surface area contributed by atoms with Gasteiger partial charge in [-0.3, -0.25) is 0 Å². The molecule has 2 aromatic carbocycles. The second-order valence-corrected chi connectivity index (χ2v) is 5.26. The summed E-state index contributed by atoms with van der Waals surface area (Å²) in [6, 6.07) is 16.7. The molecule has 0 aliphatic heterocycles. The number of phenolic OH excluding ortho intramolecular Hbond substituents is 1. The van der Waals surface area contributed by atoms with Crippen LogP contribution >= 0.6 is 17.0 Å². The third-order valence-electron chi connectivity index (χ3n) is 3.86. The number of aryl methyl sites for hydroxylation is 1. The van der Waals surface area contributed by atoms with E-state index in [1.807, 2.05) is 12.1 Å². The van der Waals surface area contributed by atoms with Crippen LogP contribution in [0.2, 0.25) is 0 Å². The van der Waals surface area contributed by atoms with Crippen LogP contribution in [0.1, 0.15) is 23.1 Å². The van der Waals surface area contributed by atoms with E-state index < -0.39 is 0 Å². The molecule has 0 unspecified atom stereocenters. The lowest BCUT2D eigenvalue weighted by Gasteiger charge is -2.25. The maximum atomic E-state index is 9.56. The summed E-state index contributed by atoms with van der Waals surface area (Å²) in [4.78, 5) is 0. The zero-order valence-corrected chi connectivity index (χ0v) is 13.1. The molecule has 0 fully saturated rings. The van der Waals surface area contributed by atoms with Crippen LogP contribution in [0.3, 0.4) is 0 Å². The highest BCUT2D eigenvalue weighted by atomic mass is 79.9. The van der Waals surface area contributed by atoms with Crippen molar-refractivity contribution < 1.29 is 5.11 Å². The molecule has 2 nitrogen and oxygen atoms in total. The highest BCUT2D eigenvalue weighted by molar-refractivity contribution is 8.93. The number of nitrogens with one attached hydrogen (secondary N) is 1. The largest absolute Gasteiger partial charge is 0.508 e. The van der Waals surface area contributed by atoms with Crippen LogP contribution in [0.4, 0.5) is 0 Å². The number of fused-ring (bicyclic) bond motifs is 1. The molecule has 0 bridgehead atoms. The monoisotopic (exact) mass is 333 g/mol. The van der Waals surface area contributed by atoms with Crippen molar-refractivity contribution in [1.29, 1.82) is 0 Å². The Kier molecular flexibility index (Phi) is 5.21.